The van der Waals surface area contributed by atoms with Gasteiger partial charge >= 0.3 is 11.9 Å². The van der Waals surface area contributed by atoms with Gasteiger partial charge in [-0.25, -0.2) is 0 Å². The molecular formula is C12H19NO8. The van der Waals surface area contributed by atoms with Crippen molar-refractivity contribution in [3.63, 3.8) is 0 Å². The monoisotopic (exact) mass is 305 g/mol. The summed E-state index contributed by atoms with van der Waals surface area (Å²) in [6, 6.07) is 0. The molecule has 1 aliphatic heterocycles. The van der Waals surface area contributed by atoms with E-state index in [0.29, 0.717) is 0 Å². The number of hydrogen-bond acceptors (Lipinski definition) is 8. The Kier molecular flexibility index (Phi) is 5.62. The van der Waals surface area contributed by atoms with Gasteiger partial charge < -0.3 is 18.9 Å². The normalized spacial score (nSPS) is 21.9. The molecule has 9 heteroatoms. The molecule has 0 spiro atoms. The molecule has 9 nitrogen and oxygen atoms in total. The van der Waals surface area contributed by atoms with E-state index >= 15 is 0 Å². The molecule has 1 fully saturated rings. The van der Waals surface area contributed by atoms with E-state index in [-0.39, 0.29) is 6.61 Å². The number of rotatable bonds is 6. The molecule has 1 heterocycles. The molecule has 1 rings (SSSR count). The lowest BCUT2D eigenvalue weighted by Gasteiger charge is -2.25. The molecule has 1 saturated heterocycles. The fourth-order valence-electron chi connectivity index (χ4n) is 2.24. The summed E-state index contributed by atoms with van der Waals surface area (Å²) in [5.74, 6) is -5.21. The van der Waals surface area contributed by atoms with E-state index in [2.05, 4.69) is 9.47 Å². The van der Waals surface area contributed by atoms with Gasteiger partial charge in [0.2, 0.25) is 6.54 Å². The van der Waals surface area contributed by atoms with Crippen molar-refractivity contribution < 1.29 is 33.5 Å². The number of ether oxygens (including phenoxy) is 4. The van der Waals surface area contributed by atoms with Crippen LogP contribution in [0.4, 0.5) is 0 Å². The molecule has 0 N–H and O–H groups in total. The van der Waals surface area contributed by atoms with Crippen molar-refractivity contribution in [3.05, 3.63) is 10.1 Å². The summed E-state index contributed by atoms with van der Waals surface area (Å²) in [5.41, 5.74) is 0. The largest absolute Gasteiger partial charge is 0.468 e. The molecule has 0 bridgehead atoms. The molecule has 2 atom stereocenters. The number of hydrogen-bond donors (Lipinski definition) is 0. The van der Waals surface area contributed by atoms with Gasteiger partial charge in [-0.2, -0.15) is 0 Å². The summed E-state index contributed by atoms with van der Waals surface area (Å²) in [6.45, 7) is 2.68. The van der Waals surface area contributed by atoms with Crippen molar-refractivity contribution in [2.45, 2.75) is 25.7 Å². The number of nitrogens with zero attached hydrogens (tertiary/aromatic N) is 1. The van der Waals surface area contributed by atoms with Gasteiger partial charge in [-0.3, -0.25) is 19.7 Å². The van der Waals surface area contributed by atoms with Crippen molar-refractivity contribution in [3.8, 4) is 0 Å². The molecule has 0 aromatic rings. The quantitative estimate of drug-likeness (QED) is 0.291. The van der Waals surface area contributed by atoms with Gasteiger partial charge in [-0.1, -0.05) is 0 Å². The first-order chi connectivity index (χ1) is 9.71. The molecular weight excluding hydrogens is 286 g/mol. The van der Waals surface area contributed by atoms with E-state index in [4.69, 9.17) is 9.47 Å². The van der Waals surface area contributed by atoms with Crippen LogP contribution in [0.25, 0.3) is 0 Å². The summed E-state index contributed by atoms with van der Waals surface area (Å²) in [4.78, 5) is 33.9. The van der Waals surface area contributed by atoms with Crippen LogP contribution < -0.4 is 0 Å². The Morgan fingerprint density at radius 2 is 1.86 bits per heavy atom. The van der Waals surface area contributed by atoms with E-state index in [9.17, 15) is 19.7 Å². The van der Waals surface area contributed by atoms with Crippen molar-refractivity contribution in [1.29, 1.82) is 0 Å². The number of nitro groups is 1. The molecule has 0 aromatic carbocycles. The third kappa shape index (κ3) is 4.36. The second-order valence-electron chi connectivity index (χ2n) is 5.07. The Balaban J connectivity index is 3.05. The predicted octanol–water partition coefficient (Wildman–Crippen LogP) is -0.00700. The first kappa shape index (κ1) is 17.3. The maximum Gasteiger partial charge on any atom is 0.320 e. The third-order valence-electron chi connectivity index (χ3n) is 3.21. The van der Waals surface area contributed by atoms with Crippen LogP contribution in [0, 0.1) is 22.0 Å². The Hall–Kier alpha value is -1.74. The fourth-order valence-corrected chi connectivity index (χ4v) is 2.24. The van der Waals surface area contributed by atoms with Gasteiger partial charge in [0.1, 0.15) is 0 Å². The predicted molar refractivity (Wildman–Crippen MR) is 67.8 cm³/mol. The Morgan fingerprint density at radius 3 is 2.19 bits per heavy atom. The molecule has 0 aliphatic carbocycles. The average Bonchev–Trinajstić information content (AvgIpc) is 2.77. The Labute approximate surface area is 121 Å². The van der Waals surface area contributed by atoms with Crippen LogP contribution >= 0.6 is 0 Å². The molecule has 0 radical (unpaired) electrons. The van der Waals surface area contributed by atoms with Crippen LogP contribution in [0.5, 0.6) is 0 Å². The molecule has 21 heavy (non-hydrogen) atoms. The summed E-state index contributed by atoms with van der Waals surface area (Å²) in [5, 5.41) is 10.9. The highest BCUT2D eigenvalue weighted by Gasteiger charge is 2.49. The fraction of sp³-hybridized carbons (Fsp3) is 0.833. The van der Waals surface area contributed by atoms with Gasteiger partial charge in [0, 0.05) is 4.92 Å². The molecule has 0 saturated carbocycles. The molecule has 0 amide bonds. The van der Waals surface area contributed by atoms with E-state index in [1.54, 1.807) is 13.8 Å². The van der Waals surface area contributed by atoms with Crippen LogP contribution in [-0.4, -0.2) is 56.1 Å². The van der Waals surface area contributed by atoms with Crippen molar-refractivity contribution in [1.82, 2.24) is 0 Å². The zero-order valence-electron chi connectivity index (χ0n) is 12.4. The third-order valence-corrected chi connectivity index (χ3v) is 3.21. The SMILES string of the molecule is COC(=O)C(C(=O)OC)[C@H](C[N+](=O)[O-])[C@@H]1COC(C)(C)O1. The van der Waals surface area contributed by atoms with E-state index in [1.807, 2.05) is 0 Å². The lowest BCUT2D eigenvalue weighted by atomic mass is 9.87. The van der Waals surface area contributed by atoms with Crippen LogP contribution in [0.1, 0.15) is 13.8 Å². The lowest BCUT2D eigenvalue weighted by Crippen LogP contribution is -2.44. The highest BCUT2D eigenvalue weighted by Crippen LogP contribution is 2.31. The first-order valence-electron chi connectivity index (χ1n) is 6.31. The second kappa shape index (κ2) is 6.81. The summed E-state index contributed by atoms with van der Waals surface area (Å²) < 4.78 is 20.0. The van der Waals surface area contributed by atoms with Crippen molar-refractivity contribution in [2.24, 2.45) is 11.8 Å². The first-order valence-corrected chi connectivity index (χ1v) is 6.31. The van der Waals surface area contributed by atoms with E-state index in [1.165, 1.54) is 0 Å². The minimum atomic E-state index is -1.44. The second-order valence-corrected chi connectivity index (χ2v) is 5.07. The topological polar surface area (TPSA) is 114 Å². The zero-order valence-corrected chi connectivity index (χ0v) is 12.4. The van der Waals surface area contributed by atoms with Crippen LogP contribution in [-0.2, 0) is 28.5 Å². The van der Waals surface area contributed by atoms with Gasteiger partial charge in [0.15, 0.2) is 11.7 Å². The van der Waals surface area contributed by atoms with Gasteiger partial charge in [-0.15, -0.1) is 0 Å². The number of carbonyl (C=O) groups is 2. The van der Waals surface area contributed by atoms with Crippen LogP contribution in [0.15, 0.2) is 0 Å². The minimum absolute atomic E-state index is 0.0377. The van der Waals surface area contributed by atoms with Gasteiger partial charge in [0.05, 0.1) is 32.8 Å². The molecule has 1 aliphatic rings. The summed E-state index contributed by atoms with van der Waals surface area (Å²) in [6.07, 6.45) is -0.784. The van der Waals surface area contributed by atoms with Gasteiger partial charge in [0.25, 0.3) is 0 Å². The van der Waals surface area contributed by atoms with Crippen LogP contribution in [0.3, 0.4) is 0 Å². The van der Waals surface area contributed by atoms with E-state index in [0.717, 1.165) is 14.2 Å². The van der Waals surface area contributed by atoms with E-state index < -0.39 is 47.1 Å². The summed E-state index contributed by atoms with van der Waals surface area (Å²) >= 11 is 0. The maximum atomic E-state index is 11.8. The minimum Gasteiger partial charge on any atom is -0.468 e. The average molecular weight is 305 g/mol. The lowest BCUT2D eigenvalue weighted by molar-refractivity contribution is -0.491. The zero-order chi connectivity index (χ0) is 16.2. The number of methoxy groups -OCH3 is 2. The molecule has 0 unspecified atom stereocenters. The highest BCUT2D eigenvalue weighted by atomic mass is 16.7. The van der Waals surface area contributed by atoms with Crippen molar-refractivity contribution >= 4 is 11.9 Å². The Bertz CT molecular complexity index is 405. The highest BCUT2D eigenvalue weighted by molar-refractivity contribution is 5.95. The number of carbonyl (C=O) groups excluding carboxylic acids is 2. The van der Waals surface area contributed by atoms with Crippen LogP contribution in [0.2, 0.25) is 0 Å². The van der Waals surface area contributed by atoms with Gasteiger partial charge in [-0.05, 0) is 13.8 Å². The maximum absolute atomic E-state index is 11.8. The standard InChI is InChI=1S/C12H19NO8/c1-12(2)20-6-8(21-12)7(5-13(16)17)9(10(14)18-3)11(15)19-4/h7-9H,5-6H2,1-4H3/t7-,8+/m1/s1. The number of esters is 2. The molecule has 0 aromatic heterocycles. The van der Waals surface area contributed by atoms with Crippen molar-refractivity contribution in [2.75, 3.05) is 27.4 Å². The Morgan fingerprint density at radius 1 is 1.33 bits per heavy atom. The summed E-state index contributed by atoms with van der Waals surface area (Å²) in [7, 11) is 2.19. The molecule has 120 valence electrons. The smallest absolute Gasteiger partial charge is 0.320 e.